The molecule has 2 N–H and O–H groups in total. The van der Waals surface area contributed by atoms with E-state index in [0.717, 1.165) is 0 Å². The van der Waals surface area contributed by atoms with Gasteiger partial charge in [0.2, 0.25) is 0 Å². The number of aromatic hydroxyl groups is 1. The Bertz CT molecular complexity index is 1180. The van der Waals surface area contributed by atoms with Crippen molar-refractivity contribution in [1.29, 1.82) is 0 Å². The van der Waals surface area contributed by atoms with E-state index in [-0.39, 0.29) is 28.4 Å². The first-order valence-electron chi connectivity index (χ1n) is 6.93. The Balaban J connectivity index is 1.94. The first-order valence-corrected chi connectivity index (χ1v) is 6.93. The van der Waals surface area contributed by atoms with Crippen molar-refractivity contribution in [3.8, 4) is 17.1 Å². The molecule has 0 amide bonds. The molecule has 0 atom stereocenters. The minimum Gasteiger partial charge on any atom is -0.504 e. The van der Waals surface area contributed by atoms with Gasteiger partial charge in [0.15, 0.2) is 11.3 Å². The minimum absolute atomic E-state index is 0.0758. The highest BCUT2D eigenvalue weighted by molar-refractivity contribution is 5.87. The van der Waals surface area contributed by atoms with Gasteiger partial charge in [-0.25, -0.2) is 9.78 Å². The first kappa shape index (κ1) is 13.9. The molecule has 0 aliphatic carbocycles. The van der Waals surface area contributed by atoms with Crippen LogP contribution in [0.1, 0.15) is 0 Å². The molecule has 0 bridgehead atoms. The molecule has 4 rings (SSSR count). The molecular weight excluding hydrogens is 314 g/mol. The maximum atomic E-state index is 12.2. The summed E-state index contributed by atoms with van der Waals surface area (Å²) in [5, 5.41) is 21.1. The van der Waals surface area contributed by atoms with E-state index >= 15 is 0 Å². The van der Waals surface area contributed by atoms with Crippen LogP contribution in [0.15, 0.2) is 51.7 Å². The predicted octanol–water partition coefficient (Wildman–Crippen LogP) is 2.95. The quantitative estimate of drug-likeness (QED) is 0.332. The molecule has 0 aliphatic rings. The summed E-state index contributed by atoms with van der Waals surface area (Å²) in [6.45, 7) is 0. The van der Waals surface area contributed by atoms with Crippen LogP contribution >= 0.6 is 0 Å². The lowest BCUT2D eigenvalue weighted by Crippen LogP contribution is -2.03. The van der Waals surface area contributed by atoms with Crippen molar-refractivity contribution in [2.75, 3.05) is 0 Å². The lowest BCUT2D eigenvalue weighted by atomic mass is 10.1. The lowest BCUT2D eigenvalue weighted by Gasteiger charge is -2.01. The third-order valence-electron chi connectivity index (χ3n) is 3.67. The molecule has 118 valence electrons. The van der Waals surface area contributed by atoms with Crippen molar-refractivity contribution in [2.45, 2.75) is 0 Å². The summed E-state index contributed by atoms with van der Waals surface area (Å²) in [5.41, 5.74) is 0.455. The van der Waals surface area contributed by atoms with Gasteiger partial charge in [-0.05, 0) is 18.2 Å². The Morgan fingerprint density at radius 3 is 2.83 bits per heavy atom. The number of fused-ring (bicyclic) bond motifs is 2. The number of non-ortho nitro benzene ring substituents is 1. The number of nitrogens with zero attached hydrogens (tertiary/aromatic N) is 2. The van der Waals surface area contributed by atoms with Crippen LogP contribution in [-0.4, -0.2) is 20.0 Å². The lowest BCUT2D eigenvalue weighted by molar-refractivity contribution is -0.384. The van der Waals surface area contributed by atoms with E-state index in [2.05, 4.69) is 9.97 Å². The number of H-pyrrole nitrogens is 1. The maximum Gasteiger partial charge on any atom is 0.347 e. The average molecular weight is 323 g/mol. The fourth-order valence-electron chi connectivity index (χ4n) is 2.53. The molecule has 0 radical (unpaired) electrons. The van der Waals surface area contributed by atoms with E-state index in [1.54, 1.807) is 18.2 Å². The van der Waals surface area contributed by atoms with Crippen molar-refractivity contribution >= 4 is 27.7 Å². The molecule has 8 heteroatoms. The highest BCUT2D eigenvalue weighted by atomic mass is 16.6. The Kier molecular flexibility index (Phi) is 2.86. The first-order chi connectivity index (χ1) is 11.5. The van der Waals surface area contributed by atoms with Gasteiger partial charge in [-0.3, -0.25) is 10.1 Å². The molecule has 4 aromatic rings. The van der Waals surface area contributed by atoms with Crippen LogP contribution in [0.3, 0.4) is 0 Å². The third-order valence-corrected chi connectivity index (χ3v) is 3.67. The number of aromatic nitrogens is 2. The van der Waals surface area contributed by atoms with Crippen LogP contribution in [0.25, 0.3) is 33.4 Å². The Hall–Kier alpha value is -3.68. The highest BCUT2D eigenvalue weighted by Gasteiger charge is 2.15. The second-order valence-corrected chi connectivity index (χ2v) is 5.19. The summed E-state index contributed by atoms with van der Waals surface area (Å²) in [6, 6.07) is 10.5. The van der Waals surface area contributed by atoms with Crippen LogP contribution in [0.5, 0.6) is 5.75 Å². The fraction of sp³-hybridized carbons (Fsp3) is 0. The second kappa shape index (κ2) is 4.92. The second-order valence-electron chi connectivity index (χ2n) is 5.19. The molecule has 8 nitrogen and oxygen atoms in total. The summed E-state index contributed by atoms with van der Waals surface area (Å²) < 4.78 is 5.16. The molecule has 2 aromatic heterocycles. The maximum absolute atomic E-state index is 12.2. The highest BCUT2D eigenvalue weighted by Crippen LogP contribution is 2.27. The zero-order valence-electron chi connectivity index (χ0n) is 12.0. The van der Waals surface area contributed by atoms with E-state index in [9.17, 15) is 20.0 Å². The van der Waals surface area contributed by atoms with Gasteiger partial charge in [0, 0.05) is 17.5 Å². The number of nitrogens with one attached hydrogen (secondary N) is 1. The van der Waals surface area contributed by atoms with E-state index in [1.807, 2.05) is 0 Å². The van der Waals surface area contributed by atoms with Crippen molar-refractivity contribution in [1.82, 2.24) is 9.97 Å². The predicted molar refractivity (Wildman–Crippen MR) is 85.9 cm³/mol. The molecule has 0 aliphatic heterocycles. The van der Waals surface area contributed by atoms with E-state index in [4.69, 9.17) is 4.42 Å². The van der Waals surface area contributed by atoms with Gasteiger partial charge in [-0.15, -0.1) is 0 Å². The van der Waals surface area contributed by atoms with Crippen LogP contribution in [-0.2, 0) is 0 Å². The topological polar surface area (TPSA) is 122 Å². The van der Waals surface area contributed by atoms with Gasteiger partial charge in [0.1, 0.15) is 11.4 Å². The summed E-state index contributed by atoms with van der Waals surface area (Å²) in [7, 11) is 0. The molecule has 0 spiro atoms. The zero-order valence-corrected chi connectivity index (χ0v) is 12.0. The third kappa shape index (κ3) is 2.09. The number of imidazole rings is 1. The molecule has 0 saturated heterocycles. The fourth-order valence-corrected chi connectivity index (χ4v) is 2.53. The number of nitro groups is 1. The van der Waals surface area contributed by atoms with Gasteiger partial charge in [-0.2, -0.15) is 0 Å². The number of hydrogen-bond acceptors (Lipinski definition) is 6. The van der Waals surface area contributed by atoms with Crippen LogP contribution in [0, 0.1) is 10.1 Å². The number of aromatic amines is 1. The van der Waals surface area contributed by atoms with Gasteiger partial charge >= 0.3 is 5.63 Å². The van der Waals surface area contributed by atoms with Gasteiger partial charge < -0.3 is 14.5 Å². The summed E-state index contributed by atoms with van der Waals surface area (Å²) in [5.74, 6) is 0.112. The molecule has 0 unspecified atom stereocenters. The monoisotopic (exact) mass is 323 g/mol. The van der Waals surface area contributed by atoms with Gasteiger partial charge in [0.05, 0.1) is 16.0 Å². The normalized spacial score (nSPS) is 11.2. The van der Waals surface area contributed by atoms with Crippen molar-refractivity contribution in [3.05, 3.63) is 63.0 Å². The molecule has 0 fully saturated rings. The molecule has 24 heavy (non-hydrogen) atoms. The van der Waals surface area contributed by atoms with Gasteiger partial charge in [0.25, 0.3) is 5.69 Å². The number of rotatable bonds is 2. The molecule has 2 aromatic carbocycles. The summed E-state index contributed by atoms with van der Waals surface area (Å²) in [6.07, 6.45) is 0. The van der Waals surface area contributed by atoms with E-state index < -0.39 is 10.5 Å². The summed E-state index contributed by atoms with van der Waals surface area (Å²) >= 11 is 0. The van der Waals surface area contributed by atoms with Crippen LogP contribution in [0.4, 0.5) is 5.69 Å². The van der Waals surface area contributed by atoms with Crippen LogP contribution in [0.2, 0.25) is 0 Å². The minimum atomic E-state index is -0.669. The number of phenols is 1. The standard InChI is InChI=1S/C16H9N3O5/c20-13-3-1-2-8-6-10(16(21)24-14(8)13)15-17-11-5-4-9(19(22)23)7-12(11)18-15/h1-7,20H,(H,17,18). The number of benzene rings is 2. The van der Waals surface area contributed by atoms with E-state index in [0.29, 0.717) is 16.4 Å². The Morgan fingerprint density at radius 2 is 2.04 bits per heavy atom. The number of nitro benzene ring substituents is 1. The molecule has 0 saturated carbocycles. The van der Waals surface area contributed by atoms with E-state index in [1.165, 1.54) is 24.3 Å². The number of para-hydroxylation sites is 1. The average Bonchev–Trinajstić information content (AvgIpc) is 2.98. The Labute approximate surface area is 133 Å². The Morgan fingerprint density at radius 1 is 1.21 bits per heavy atom. The summed E-state index contributed by atoms with van der Waals surface area (Å²) in [4.78, 5) is 29.7. The number of hydrogen-bond donors (Lipinski definition) is 2. The van der Waals surface area contributed by atoms with Crippen molar-refractivity contribution in [2.24, 2.45) is 0 Å². The van der Waals surface area contributed by atoms with Crippen molar-refractivity contribution < 1.29 is 14.4 Å². The van der Waals surface area contributed by atoms with Gasteiger partial charge in [-0.1, -0.05) is 12.1 Å². The smallest absolute Gasteiger partial charge is 0.347 e. The molecular formula is C16H9N3O5. The molecule has 2 heterocycles. The zero-order chi connectivity index (χ0) is 16.8. The van der Waals surface area contributed by atoms with Crippen LogP contribution < -0.4 is 5.63 Å². The van der Waals surface area contributed by atoms with Crippen molar-refractivity contribution in [3.63, 3.8) is 0 Å². The SMILES string of the molecule is O=c1oc2c(O)cccc2cc1-c1nc2ccc([N+](=O)[O-])cc2[nH]1. The number of phenolic OH excluding ortho intramolecular Hbond substituents is 1. The largest absolute Gasteiger partial charge is 0.504 e.